The maximum Gasteiger partial charge on any atom is 0.219 e. The highest BCUT2D eigenvalue weighted by atomic mass is 16.5. The number of fused-ring (bicyclic) bond motifs is 1. The fourth-order valence-electron chi connectivity index (χ4n) is 2.29. The van der Waals surface area contributed by atoms with Crippen molar-refractivity contribution in [2.24, 2.45) is 0 Å². The van der Waals surface area contributed by atoms with Gasteiger partial charge in [-0.1, -0.05) is 6.07 Å². The van der Waals surface area contributed by atoms with Crippen LogP contribution in [0.15, 0.2) is 36.5 Å². The fraction of sp³-hybridized carbons (Fsp3) is 0.267. The monoisotopic (exact) mass is 255 g/mol. The summed E-state index contributed by atoms with van der Waals surface area (Å²) in [4.78, 5) is 6.51. The Bertz CT molecular complexity index is 580. The van der Waals surface area contributed by atoms with Gasteiger partial charge in [0.15, 0.2) is 0 Å². The average Bonchev–Trinajstić information content (AvgIpc) is 2.81. The summed E-state index contributed by atoms with van der Waals surface area (Å²) in [5.41, 5.74) is 3.61. The molecule has 0 radical (unpaired) electrons. The molecule has 0 amide bonds. The van der Waals surface area contributed by atoms with Gasteiger partial charge in [0.05, 0.1) is 11.9 Å². The number of aromatic nitrogens is 1. The third-order valence-corrected chi connectivity index (χ3v) is 3.43. The van der Waals surface area contributed by atoms with Gasteiger partial charge in [0.25, 0.3) is 0 Å². The van der Waals surface area contributed by atoms with Crippen molar-refractivity contribution in [2.75, 3.05) is 30.9 Å². The summed E-state index contributed by atoms with van der Waals surface area (Å²) in [5, 5.41) is 3.03. The number of ether oxygens (including phenoxy) is 1. The van der Waals surface area contributed by atoms with E-state index in [1.54, 1.807) is 6.20 Å². The molecule has 0 unspecified atom stereocenters. The average molecular weight is 255 g/mol. The van der Waals surface area contributed by atoms with E-state index < -0.39 is 0 Å². The van der Waals surface area contributed by atoms with E-state index >= 15 is 0 Å². The molecule has 2 heterocycles. The molecule has 2 aromatic rings. The molecule has 3 rings (SSSR count). The topological polar surface area (TPSA) is 37.4 Å². The molecule has 1 N–H and O–H groups in total. The zero-order valence-electron chi connectivity index (χ0n) is 11.2. The lowest BCUT2D eigenvalue weighted by atomic mass is 10.1. The molecule has 0 bridgehead atoms. The maximum absolute atomic E-state index is 5.79. The number of likely N-dealkylation sites (N-methyl/N-ethyl adjacent to an activating group) is 1. The van der Waals surface area contributed by atoms with Gasteiger partial charge in [0.2, 0.25) is 5.88 Å². The minimum Gasteiger partial charge on any atom is -0.439 e. The number of hydrogen-bond donors (Lipinski definition) is 1. The Kier molecular flexibility index (Phi) is 2.99. The van der Waals surface area contributed by atoms with Crippen LogP contribution in [-0.2, 0) is 6.42 Å². The second-order valence-electron chi connectivity index (χ2n) is 4.70. The van der Waals surface area contributed by atoms with E-state index in [2.05, 4.69) is 34.4 Å². The Morgan fingerprint density at radius 3 is 2.89 bits per heavy atom. The van der Waals surface area contributed by atoms with Crippen LogP contribution >= 0.6 is 0 Å². The van der Waals surface area contributed by atoms with Crippen molar-refractivity contribution in [3.05, 3.63) is 42.1 Å². The van der Waals surface area contributed by atoms with Gasteiger partial charge in [-0.05, 0) is 24.1 Å². The highest BCUT2D eigenvalue weighted by Crippen LogP contribution is 2.32. The SMILES string of the molecule is CNc1ccc(Oc2ccc3c(c2)N(C)CC3)nc1. The van der Waals surface area contributed by atoms with Gasteiger partial charge >= 0.3 is 0 Å². The van der Waals surface area contributed by atoms with E-state index in [1.165, 1.54) is 11.3 Å². The molecule has 0 saturated carbocycles. The predicted octanol–water partition coefficient (Wildman–Crippen LogP) is 2.91. The van der Waals surface area contributed by atoms with Crippen molar-refractivity contribution < 1.29 is 4.74 Å². The first kappa shape index (κ1) is 11.8. The van der Waals surface area contributed by atoms with Crippen molar-refractivity contribution in [3.8, 4) is 11.6 Å². The largest absolute Gasteiger partial charge is 0.439 e. The molecule has 1 aliphatic rings. The lowest BCUT2D eigenvalue weighted by Gasteiger charge is -2.13. The number of anilines is 2. The first-order valence-corrected chi connectivity index (χ1v) is 6.42. The van der Waals surface area contributed by atoms with E-state index in [4.69, 9.17) is 4.74 Å². The number of nitrogens with zero attached hydrogens (tertiary/aromatic N) is 2. The summed E-state index contributed by atoms with van der Waals surface area (Å²) in [6, 6.07) is 10.0. The molecule has 1 aromatic heterocycles. The third-order valence-electron chi connectivity index (χ3n) is 3.43. The molecular formula is C15H17N3O. The molecule has 19 heavy (non-hydrogen) atoms. The summed E-state index contributed by atoms with van der Waals surface area (Å²) in [6.45, 7) is 1.08. The van der Waals surface area contributed by atoms with Crippen molar-refractivity contribution in [1.29, 1.82) is 0 Å². The third kappa shape index (κ3) is 2.34. The molecule has 0 spiro atoms. The summed E-state index contributed by atoms with van der Waals surface area (Å²) < 4.78 is 5.79. The van der Waals surface area contributed by atoms with Gasteiger partial charge < -0.3 is 15.0 Å². The molecule has 0 aliphatic carbocycles. The van der Waals surface area contributed by atoms with Gasteiger partial charge in [-0.15, -0.1) is 0 Å². The lowest BCUT2D eigenvalue weighted by Crippen LogP contribution is -2.12. The van der Waals surface area contributed by atoms with Crippen LogP contribution in [0.2, 0.25) is 0 Å². The Hall–Kier alpha value is -2.23. The van der Waals surface area contributed by atoms with Crippen LogP contribution in [-0.4, -0.2) is 25.6 Å². The summed E-state index contributed by atoms with van der Waals surface area (Å²) in [6.07, 6.45) is 2.87. The summed E-state index contributed by atoms with van der Waals surface area (Å²) in [5.74, 6) is 1.44. The molecule has 0 fully saturated rings. The highest BCUT2D eigenvalue weighted by Gasteiger charge is 2.16. The highest BCUT2D eigenvalue weighted by molar-refractivity contribution is 5.60. The Morgan fingerprint density at radius 1 is 1.26 bits per heavy atom. The van der Waals surface area contributed by atoms with Crippen LogP contribution in [0.5, 0.6) is 11.6 Å². The second kappa shape index (κ2) is 4.80. The van der Waals surface area contributed by atoms with Crippen LogP contribution < -0.4 is 15.0 Å². The first-order chi connectivity index (χ1) is 9.26. The number of nitrogens with one attached hydrogen (secondary N) is 1. The molecule has 0 atom stereocenters. The van der Waals surface area contributed by atoms with Crippen LogP contribution in [0.4, 0.5) is 11.4 Å². The number of benzene rings is 1. The van der Waals surface area contributed by atoms with Crippen molar-refractivity contribution in [3.63, 3.8) is 0 Å². The Morgan fingerprint density at radius 2 is 2.16 bits per heavy atom. The maximum atomic E-state index is 5.79. The number of rotatable bonds is 3. The smallest absolute Gasteiger partial charge is 0.219 e. The van der Waals surface area contributed by atoms with Gasteiger partial charge in [0, 0.05) is 38.5 Å². The van der Waals surface area contributed by atoms with E-state index in [0.29, 0.717) is 5.88 Å². The van der Waals surface area contributed by atoms with Crippen molar-refractivity contribution >= 4 is 11.4 Å². The molecule has 4 nitrogen and oxygen atoms in total. The van der Waals surface area contributed by atoms with Gasteiger partial charge in [0.1, 0.15) is 5.75 Å². The fourth-order valence-corrected chi connectivity index (χ4v) is 2.29. The molecular weight excluding hydrogens is 238 g/mol. The van der Waals surface area contributed by atoms with Crippen molar-refractivity contribution in [1.82, 2.24) is 4.98 Å². The van der Waals surface area contributed by atoms with E-state index in [0.717, 1.165) is 24.4 Å². The molecule has 1 aliphatic heterocycles. The summed E-state index contributed by atoms with van der Waals surface area (Å²) >= 11 is 0. The van der Waals surface area contributed by atoms with Crippen LogP contribution in [0.1, 0.15) is 5.56 Å². The van der Waals surface area contributed by atoms with Gasteiger partial charge in [-0.3, -0.25) is 0 Å². The standard InChI is InChI=1S/C15H17N3O/c1-16-12-4-6-15(17-10-12)19-13-5-3-11-7-8-18(2)14(11)9-13/h3-6,9-10,16H,7-8H2,1-2H3. The summed E-state index contributed by atoms with van der Waals surface area (Å²) in [7, 11) is 3.98. The van der Waals surface area contributed by atoms with Gasteiger partial charge in [-0.2, -0.15) is 0 Å². The minimum atomic E-state index is 0.611. The van der Waals surface area contributed by atoms with Crippen molar-refractivity contribution in [2.45, 2.75) is 6.42 Å². The first-order valence-electron chi connectivity index (χ1n) is 6.42. The molecule has 0 saturated heterocycles. The lowest BCUT2D eigenvalue weighted by molar-refractivity contribution is 0.463. The minimum absolute atomic E-state index is 0.611. The second-order valence-corrected chi connectivity index (χ2v) is 4.70. The molecule has 98 valence electrons. The zero-order valence-corrected chi connectivity index (χ0v) is 11.2. The van der Waals surface area contributed by atoms with E-state index in [9.17, 15) is 0 Å². The van der Waals surface area contributed by atoms with Crippen LogP contribution in [0.25, 0.3) is 0 Å². The normalized spacial score (nSPS) is 13.3. The zero-order chi connectivity index (χ0) is 13.2. The van der Waals surface area contributed by atoms with E-state index in [1.807, 2.05) is 25.2 Å². The number of hydrogen-bond acceptors (Lipinski definition) is 4. The molecule has 4 heteroatoms. The van der Waals surface area contributed by atoms with Crippen LogP contribution in [0, 0.1) is 0 Å². The predicted molar refractivity (Wildman–Crippen MR) is 77.3 cm³/mol. The molecule has 1 aromatic carbocycles. The van der Waals surface area contributed by atoms with E-state index in [-0.39, 0.29) is 0 Å². The number of pyridine rings is 1. The van der Waals surface area contributed by atoms with Crippen LogP contribution in [0.3, 0.4) is 0 Å². The van der Waals surface area contributed by atoms with Gasteiger partial charge in [-0.25, -0.2) is 4.98 Å². The quantitative estimate of drug-likeness (QED) is 0.915. The Balaban J connectivity index is 1.81. The Labute approximate surface area is 113 Å².